The van der Waals surface area contributed by atoms with Gasteiger partial charge in [-0.3, -0.25) is 9.48 Å². The van der Waals surface area contributed by atoms with Gasteiger partial charge in [0.1, 0.15) is 0 Å². The van der Waals surface area contributed by atoms with E-state index in [1.807, 2.05) is 28.8 Å². The normalized spacial score (nSPS) is 15.9. The van der Waals surface area contributed by atoms with Crippen LogP contribution in [0.1, 0.15) is 32.9 Å². The molecule has 8 nitrogen and oxygen atoms in total. The van der Waals surface area contributed by atoms with Gasteiger partial charge < -0.3 is 14.5 Å². The highest BCUT2D eigenvalue weighted by atomic mass is 16.5. The number of ether oxygens (including phenoxy) is 1. The molecule has 1 fully saturated rings. The molecule has 8 heteroatoms. The van der Waals surface area contributed by atoms with Crippen LogP contribution in [0.5, 0.6) is 0 Å². The van der Waals surface area contributed by atoms with Crippen LogP contribution >= 0.6 is 0 Å². The number of hydrogen-bond donors (Lipinski definition) is 0. The zero-order valence-corrected chi connectivity index (χ0v) is 21.0. The van der Waals surface area contributed by atoms with E-state index in [4.69, 9.17) is 14.8 Å². The predicted octanol–water partition coefficient (Wildman–Crippen LogP) is 3.91. The first kappa shape index (κ1) is 22.7. The van der Waals surface area contributed by atoms with Crippen LogP contribution in [0.25, 0.3) is 22.3 Å². The standard InChI is InChI=1S/C28H30N6O2/c1-18-4-6-23-22(14-18)16-29-27(30-23)21-5-7-24(19(2)15-21)33-8-9-34-25(17-33)20(3)26(31-34)28(35)32-10-12-36-13-11-32/h4-7,14-16H,8-13,17H2,1-3H3. The highest BCUT2D eigenvalue weighted by Gasteiger charge is 2.29. The number of hydrogen-bond acceptors (Lipinski definition) is 6. The number of morpholine rings is 1. The van der Waals surface area contributed by atoms with Crippen molar-refractivity contribution in [2.24, 2.45) is 0 Å². The minimum atomic E-state index is 0.00956. The third kappa shape index (κ3) is 4.01. The fraction of sp³-hybridized carbons (Fsp3) is 0.357. The summed E-state index contributed by atoms with van der Waals surface area (Å²) < 4.78 is 7.40. The Morgan fingerprint density at radius 3 is 2.61 bits per heavy atom. The van der Waals surface area contributed by atoms with Crippen molar-refractivity contribution in [3.63, 3.8) is 0 Å². The summed E-state index contributed by atoms with van der Waals surface area (Å²) in [5.41, 5.74) is 8.18. The Hall–Kier alpha value is -3.78. The van der Waals surface area contributed by atoms with Crippen molar-refractivity contribution in [1.82, 2.24) is 24.6 Å². The molecule has 0 spiro atoms. The molecule has 0 atom stereocenters. The van der Waals surface area contributed by atoms with Gasteiger partial charge in [0.2, 0.25) is 0 Å². The van der Waals surface area contributed by atoms with Crippen molar-refractivity contribution in [2.75, 3.05) is 37.7 Å². The van der Waals surface area contributed by atoms with E-state index in [2.05, 4.69) is 54.1 Å². The monoisotopic (exact) mass is 482 g/mol. The van der Waals surface area contributed by atoms with Gasteiger partial charge in [-0.15, -0.1) is 0 Å². The number of carbonyl (C=O) groups excluding carboxylic acids is 1. The van der Waals surface area contributed by atoms with Crippen LogP contribution in [0.2, 0.25) is 0 Å². The molecule has 1 saturated heterocycles. The van der Waals surface area contributed by atoms with Gasteiger partial charge in [-0.25, -0.2) is 9.97 Å². The molecule has 184 valence electrons. The zero-order valence-electron chi connectivity index (χ0n) is 21.0. The topological polar surface area (TPSA) is 76.4 Å². The minimum absolute atomic E-state index is 0.00956. The molecule has 0 radical (unpaired) electrons. The van der Waals surface area contributed by atoms with E-state index in [-0.39, 0.29) is 5.91 Å². The van der Waals surface area contributed by atoms with E-state index in [9.17, 15) is 4.79 Å². The van der Waals surface area contributed by atoms with Crippen LogP contribution in [0.15, 0.2) is 42.6 Å². The first-order valence-electron chi connectivity index (χ1n) is 12.5. The molecule has 0 unspecified atom stereocenters. The molecule has 0 bridgehead atoms. The van der Waals surface area contributed by atoms with Gasteiger partial charge >= 0.3 is 0 Å². The van der Waals surface area contributed by atoms with E-state index in [0.29, 0.717) is 32.0 Å². The summed E-state index contributed by atoms with van der Waals surface area (Å²) in [4.78, 5) is 26.7. The first-order chi connectivity index (χ1) is 17.5. The van der Waals surface area contributed by atoms with Crippen molar-refractivity contribution in [3.05, 3.63) is 70.7 Å². The van der Waals surface area contributed by atoms with E-state index in [0.717, 1.165) is 53.2 Å². The molecule has 2 aliphatic heterocycles. The lowest BCUT2D eigenvalue weighted by Crippen LogP contribution is -2.41. The summed E-state index contributed by atoms with van der Waals surface area (Å²) in [5, 5.41) is 5.76. The highest BCUT2D eigenvalue weighted by molar-refractivity contribution is 5.94. The fourth-order valence-corrected chi connectivity index (χ4v) is 5.21. The van der Waals surface area contributed by atoms with Crippen molar-refractivity contribution in [2.45, 2.75) is 33.9 Å². The van der Waals surface area contributed by atoms with Crippen LogP contribution in [0.3, 0.4) is 0 Å². The third-order valence-electron chi connectivity index (χ3n) is 7.27. The second-order valence-corrected chi connectivity index (χ2v) is 9.73. The molecule has 2 aromatic carbocycles. The lowest BCUT2D eigenvalue weighted by Gasteiger charge is -2.31. The maximum absolute atomic E-state index is 13.1. The summed E-state index contributed by atoms with van der Waals surface area (Å²) in [6.45, 7) is 11.0. The Bertz CT molecular complexity index is 1470. The molecular formula is C28H30N6O2. The van der Waals surface area contributed by atoms with Crippen molar-refractivity contribution in [1.29, 1.82) is 0 Å². The Labute approximate surface area is 210 Å². The summed E-state index contributed by atoms with van der Waals surface area (Å²) in [5.74, 6) is 0.746. The largest absolute Gasteiger partial charge is 0.378 e. The van der Waals surface area contributed by atoms with Gasteiger partial charge in [-0.2, -0.15) is 5.10 Å². The maximum Gasteiger partial charge on any atom is 0.274 e. The Balaban J connectivity index is 1.24. The van der Waals surface area contributed by atoms with Gasteiger partial charge in [-0.1, -0.05) is 11.6 Å². The molecular weight excluding hydrogens is 452 g/mol. The number of carbonyl (C=O) groups is 1. The van der Waals surface area contributed by atoms with Crippen LogP contribution in [0, 0.1) is 20.8 Å². The average Bonchev–Trinajstić information content (AvgIpc) is 3.24. The van der Waals surface area contributed by atoms with Crippen LogP contribution in [-0.2, 0) is 17.8 Å². The molecule has 4 aromatic rings. The second kappa shape index (κ2) is 9.02. The molecule has 36 heavy (non-hydrogen) atoms. The quantitative estimate of drug-likeness (QED) is 0.441. The van der Waals surface area contributed by atoms with E-state index < -0.39 is 0 Å². The number of aromatic nitrogens is 4. The average molecular weight is 483 g/mol. The van der Waals surface area contributed by atoms with Gasteiger partial charge in [0.05, 0.1) is 37.5 Å². The van der Waals surface area contributed by atoms with Gasteiger partial charge in [0, 0.05) is 48.0 Å². The van der Waals surface area contributed by atoms with Crippen LogP contribution in [-0.4, -0.2) is 63.4 Å². The van der Waals surface area contributed by atoms with E-state index in [1.165, 1.54) is 16.8 Å². The first-order valence-corrected chi connectivity index (χ1v) is 12.5. The second-order valence-electron chi connectivity index (χ2n) is 9.73. The number of fused-ring (bicyclic) bond motifs is 2. The summed E-state index contributed by atoms with van der Waals surface area (Å²) in [7, 11) is 0. The number of amides is 1. The number of nitrogens with zero attached hydrogens (tertiary/aromatic N) is 6. The maximum atomic E-state index is 13.1. The Morgan fingerprint density at radius 1 is 0.972 bits per heavy atom. The predicted molar refractivity (Wildman–Crippen MR) is 139 cm³/mol. The Morgan fingerprint density at radius 2 is 1.81 bits per heavy atom. The minimum Gasteiger partial charge on any atom is -0.378 e. The van der Waals surface area contributed by atoms with E-state index >= 15 is 0 Å². The van der Waals surface area contributed by atoms with Gasteiger partial charge in [-0.05, 0) is 56.7 Å². The molecule has 1 amide bonds. The van der Waals surface area contributed by atoms with Crippen molar-refractivity contribution >= 4 is 22.5 Å². The summed E-state index contributed by atoms with van der Waals surface area (Å²) >= 11 is 0. The van der Waals surface area contributed by atoms with Crippen LogP contribution < -0.4 is 4.90 Å². The molecule has 6 rings (SSSR count). The van der Waals surface area contributed by atoms with Crippen molar-refractivity contribution < 1.29 is 9.53 Å². The Kier molecular flexibility index (Phi) is 5.68. The third-order valence-corrected chi connectivity index (χ3v) is 7.27. The zero-order chi connectivity index (χ0) is 24.8. The lowest BCUT2D eigenvalue weighted by molar-refractivity contribution is 0.0298. The lowest BCUT2D eigenvalue weighted by atomic mass is 10.1. The smallest absolute Gasteiger partial charge is 0.274 e. The number of benzene rings is 2. The molecule has 0 aliphatic carbocycles. The molecule has 0 saturated carbocycles. The fourth-order valence-electron chi connectivity index (χ4n) is 5.21. The van der Waals surface area contributed by atoms with Crippen molar-refractivity contribution in [3.8, 4) is 11.4 Å². The van der Waals surface area contributed by atoms with Gasteiger partial charge in [0.25, 0.3) is 5.91 Å². The number of anilines is 1. The molecule has 0 N–H and O–H groups in total. The van der Waals surface area contributed by atoms with Gasteiger partial charge in [0.15, 0.2) is 11.5 Å². The molecule has 4 heterocycles. The SMILES string of the molecule is Cc1ccc2nc(-c3ccc(N4CCn5nc(C(=O)N6CCOCC6)c(C)c5C4)c(C)c3)ncc2c1. The van der Waals surface area contributed by atoms with E-state index in [1.54, 1.807) is 0 Å². The highest BCUT2D eigenvalue weighted by Crippen LogP contribution is 2.30. The summed E-state index contributed by atoms with van der Waals surface area (Å²) in [6.07, 6.45) is 1.90. The molecule has 2 aliphatic rings. The number of aryl methyl sites for hydroxylation is 2. The number of rotatable bonds is 3. The molecule has 2 aromatic heterocycles. The summed E-state index contributed by atoms with van der Waals surface area (Å²) in [6, 6.07) is 12.7. The van der Waals surface area contributed by atoms with Crippen LogP contribution in [0.4, 0.5) is 5.69 Å².